The molecular formula is C38H43N9O5. The first-order valence-electron chi connectivity index (χ1n) is 17.6. The van der Waals surface area contributed by atoms with Crippen molar-refractivity contribution < 1.29 is 24.9 Å². The van der Waals surface area contributed by atoms with E-state index in [1.165, 1.54) is 12.1 Å². The number of nitrogens with one attached hydrogen (secondary N) is 4. The molecule has 3 heterocycles. The summed E-state index contributed by atoms with van der Waals surface area (Å²) in [6.45, 7) is 3.25. The number of urea groups is 1. The number of rotatable bonds is 11. The molecule has 0 unspecified atom stereocenters. The van der Waals surface area contributed by atoms with E-state index in [4.69, 9.17) is 15.0 Å². The predicted octanol–water partition coefficient (Wildman–Crippen LogP) is 3.74. The minimum atomic E-state index is -1.17. The van der Waals surface area contributed by atoms with E-state index in [0.29, 0.717) is 54.7 Å². The van der Waals surface area contributed by atoms with Gasteiger partial charge in [-0.25, -0.2) is 9.78 Å². The van der Waals surface area contributed by atoms with Gasteiger partial charge in [-0.2, -0.15) is 9.97 Å². The molecule has 0 radical (unpaired) electrons. The number of fused-ring (bicyclic) bond motifs is 1. The highest BCUT2D eigenvalue weighted by molar-refractivity contribution is 5.90. The Balaban J connectivity index is 1.18. The normalized spacial score (nSPS) is 21.4. The second-order valence-electron chi connectivity index (χ2n) is 13.3. The van der Waals surface area contributed by atoms with E-state index >= 15 is 0 Å². The zero-order valence-electron chi connectivity index (χ0n) is 28.8. The number of aromatic hydroxyl groups is 1. The number of imidazole rings is 1. The van der Waals surface area contributed by atoms with Crippen molar-refractivity contribution in [3.05, 3.63) is 102 Å². The summed E-state index contributed by atoms with van der Waals surface area (Å²) in [6.07, 6.45) is 0.472. The monoisotopic (exact) mass is 705 g/mol. The van der Waals surface area contributed by atoms with Crippen molar-refractivity contribution in [3.8, 4) is 5.75 Å². The van der Waals surface area contributed by atoms with Crippen molar-refractivity contribution in [1.29, 1.82) is 0 Å². The number of aliphatic hydroxyl groups excluding tert-OH is 2. The Morgan fingerprint density at radius 2 is 1.65 bits per heavy atom. The fourth-order valence-corrected chi connectivity index (χ4v) is 7.14. The van der Waals surface area contributed by atoms with E-state index in [1.807, 2.05) is 41.3 Å². The molecule has 1 aliphatic carbocycles. The van der Waals surface area contributed by atoms with E-state index in [-0.39, 0.29) is 42.5 Å². The number of hydrogen-bond acceptors (Lipinski definition) is 10. The highest BCUT2D eigenvalue weighted by atomic mass is 16.3. The number of carbonyl (C=O) groups is 2. The second-order valence-corrected chi connectivity index (χ2v) is 13.3. The first-order valence-corrected chi connectivity index (χ1v) is 17.6. The van der Waals surface area contributed by atoms with E-state index in [0.717, 1.165) is 11.1 Å². The van der Waals surface area contributed by atoms with Crippen molar-refractivity contribution >= 4 is 40.6 Å². The largest absolute Gasteiger partial charge is 0.508 e. The molecule has 5 atom stereocenters. The minimum absolute atomic E-state index is 0.00176. The lowest BCUT2D eigenvalue weighted by Gasteiger charge is -2.22. The van der Waals surface area contributed by atoms with Crippen LogP contribution in [0, 0.1) is 0 Å². The number of benzene rings is 3. The molecule has 5 aromatic rings. The molecule has 52 heavy (non-hydrogen) atoms. The molecular weight excluding hydrogens is 662 g/mol. The number of hydrogen-bond donors (Lipinski definition) is 7. The van der Waals surface area contributed by atoms with Gasteiger partial charge in [0.25, 0.3) is 0 Å². The summed E-state index contributed by atoms with van der Waals surface area (Å²) in [5.74, 6) is 0.785. The molecule has 14 nitrogen and oxygen atoms in total. The highest BCUT2D eigenvalue weighted by Crippen LogP contribution is 2.35. The number of phenolic OH excluding ortho intramolecular Hbond substituents is 1. The molecule has 270 valence electrons. The lowest BCUT2D eigenvalue weighted by Crippen LogP contribution is -2.42. The molecule has 1 saturated carbocycles. The maximum absolute atomic E-state index is 12.8. The smallest absolute Gasteiger partial charge is 0.319 e. The molecule has 14 heteroatoms. The van der Waals surface area contributed by atoms with Gasteiger partial charge in [-0.15, -0.1) is 0 Å². The number of phenols is 1. The van der Waals surface area contributed by atoms with Gasteiger partial charge in [0.05, 0.1) is 18.4 Å². The molecule has 1 aliphatic heterocycles. The van der Waals surface area contributed by atoms with E-state index in [1.54, 1.807) is 30.0 Å². The lowest BCUT2D eigenvalue weighted by atomic mass is 9.91. The van der Waals surface area contributed by atoms with Crippen LogP contribution in [0.4, 0.5) is 22.2 Å². The van der Waals surface area contributed by atoms with Crippen LogP contribution in [-0.4, -0.2) is 90.7 Å². The summed E-state index contributed by atoms with van der Waals surface area (Å²) >= 11 is 0. The lowest BCUT2D eigenvalue weighted by molar-refractivity contribution is -0.122. The highest BCUT2D eigenvalue weighted by Gasteiger charge is 2.44. The van der Waals surface area contributed by atoms with E-state index < -0.39 is 24.3 Å². The summed E-state index contributed by atoms with van der Waals surface area (Å²) in [6, 6.07) is 25.0. The SMILES string of the molecule is CCC(=O)N[C@@H]1C[C@H](n2cnc3c(NCC(c4ccccc4)c4ccccc4)nc(N4CC[C@@H](NC(=O)Nc5cccc(O)c5)C4)nc32)[C@H](O)[C@@H]1O. The molecule has 0 bridgehead atoms. The van der Waals surface area contributed by atoms with Gasteiger partial charge in [0.15, 0.2) is 17.0 Å². The van der Waals surface area contributed by atoms with E-state index in [9.17, 15) is 24.9 Å². The van der Waals surface area contributed by atoms with Crippen molar-refractivity contribution in [1.82, 2.24) is 30.2 Å². The summed E-state index contributed by atoms with van der Waals surface area (Å²) in [5, 5.41) is 44.0. The van der Waals surface area contributed by atoms with Crippen LogP contribution in [0.2, 0.25) is 0 Å². The van der Waals surface area contributed by atoms with Crippen LogP contribution in [0.3, 0.4) is 0 Å². The first-order chi connectivity index (χ1) is 25.3. The van der Waals surface area contributed by atoms with Gasteiger partial charge in [-0.3, -0.25) is 4.79 Å². The molecule has 3 aromatic carbocycles. The topological polar surface area (TPSA) is 190 Å². The molecule has 2 aliphatic rings. The van der Waals surface area contributed by atoms with Gasteiger partial charge in [-0.05, 0) is 36.1 Å². The molecule has 2 fully saturated rings. The molecule has 7 rings (SSSR count). The Bertz CT molecular complexity index is 1970. The third kappa shape index (κ3) is 7.48. The summed E-state index contributed by atoms with van der Waals surface area (Å²) in [4.78, 5) is 41.7. The van der Waals surface area contributed by atoms with Gasteiger partial charge in [0, 0.05) is 49.8 Å². The molecule has 0 spiro atoms. The fourth-order valence-electron chi connectivity index (χ4n) is 7.14. The van der Waals surface area contributed by atoms with E-state index in [2.05, 4.69) is 45.5 Å². The number of nitrogens with zero attached hydrogens (tertiary/aromatic N) is 5. The van der Waals surface area contributed by atoms with Gasteiger partial charge in [-0.1, -0.05) is 73.7 Å². The van der Waals surface area contributed by atoms with Crippen LogP contribution in [0.15, 0.2) is 91.3 Å². The first kappa shape index (κ1) is 34.7. The maximum Gasteiger partial charge on any atom is 0.319 e. The second kappa shape index (κ2) is 15.3. The Labute approximate surface area is 300 Å². The van der Waals surface area contributed by atoms with Gasteiger partial charge < -0.3 is 46.1 Å². The Morgan fingerprint density at radius 3 is 2.35 bits per heavy atom. The Hall–Kier alpha value is -5.73. The number of anilines is 3. The average Bonchev–Trinajstić information content (AvgIpc) is 3.87. The van der Waals surface area contributed by atoms with Gasteiger partial charge in [0.1, 0.15) is 18.0 Å². The summed E-state index contributed by atoms with van der Waals surface area (Å²) in [7, 11) is 0. The molecule has 2 aromatic heterocycles. The fraction of sp³-hybridized carbons (Fsp3) is 0.342. The standard InChI is InChI=1S/C38H43N9O5/c1-2-31(49)43-29-19-30(34(51)33(29)50)47-22-40-32-35(39-20-28(23-10-5-3-6-11-23)24-12-7-4-8-13-24)44-37(45-36(32)47)46-17-16-26(21-46)42-38(52)41-25-14-9-15-27(48)18-25/h3-15,18,22,26,28-30,33-34,48,50-51H,2,16-17,19-21H2,1H3,(H,43,49)(H,39,44,45)(H2,41,42,52)/t26-,29-,30+,33-,34+/m1/s1. The third-order valence-corrected chi connectivity index (χ3v) is 9.87. The summed E-state index contributed by atoms with van der Waals surface area (Å²) in [5.41, 5.74) is 3.73. The van der Waals surface area contributed by atoms with Crippen LogP contribution in [-0.2, 0) is 4.79 Å². The molecule has 1 saturated heterocycles. The van der Waals surface area contributed by atoms with Crippen LogP contribution in [0.5, 0.6) is 5.75 Å². The van der Waals surface area contributed by atoms with Crippen LogP contribution in [0.25, 0.3) is 11.2 Å². The van der Waals surface area contributed by atoms with Crippen LogP contribution in [0.1, 0.15) is 49.3 Å². The zero-order chi connectivity index (χ0) is 36.2. The number of carbonyl (C=O) groups excluding carboxylic acids is 2. The Kier molecular flexibility index (Phi) is 10.2. The quantitative estimate of drug-likeness (QED) is 0.107. The Morgan fingerprint density at radius 1 is 0.923 bits per heavy atom. The predicted molar refractivity (Wildman–Crippen MR) is 197 cm³/mol. The zero-order valence-corrected chi connectivity index (χ0v) is 28.8. The van der Waals surface area contributed by atoms with Crippen molar-refractivity contribution in [2.75, 3.05) is 35.2 Å². The van der Waals surface area contributed by atoms with Crippen molar-refractivity contribution in [2.45, 2.75) is 62.4 Å². The minimum Gasteiger partial charge on any atom is -0.508 e. The van der Waals surface area contributed by atoms with Crippen LogP contribution < -0.4 is 26.2 Å². The van der Waals surface area contributed by atoms with Gasteiger partial charge in [0.2, 0.25) is 11.9 Å². The summed E-state index contributed by atoms with van der Waals surface area (Å²) < 4.78 is 1.76. The number of aliphatic hydroxyl groups is 2. The average molecular weight is 706 g/mol. The molecule has 7 N–H and O–H groups in total. The maximum atomic E-state index is 12.8. The molecule has 3 amide bonds. The van der Waals surface area contributed by atoms with Crippen molar-refractivity contribution in [2.24, 2.45) is 0 Å². The van der Waals surface area contributed by atoms with Gasteiger partial charge >= 0.3 is 6.03 Å². The number of amides is 3. The van der Waals surface area contributed by atoms with Crippen molar-refractivity contribution in [3.63, 3.8) is 0 Å². The third-order valence-electron chi connectivity index (χ3n) is 9.87. The number of aromatic nitrogens is 4. The van der Waals surface area contributed by atoms with Crippen LogP contribution >= 0.6 is 0 Å².